The number of nitrogens with one attached hydrogen (secondary N) is 1. The molecule has 1 aromatic rings. The lowest BCUT2D eigenvalue weighted by molar-refractivity contribution is -0.385. The molecule has 0 aliphatic rings. The Morgan fingerprint density at radius 3 is 2.52 bits per heavy atom. The minimum atomic E-state index is -0.485. The average molecular weight is 313 g/mol. The van der Waals surface area contributed by atoms with Crippen molar-refractivity contribution in [2.24, 2.45) is 5.92 Å². The molecule has 0 aliphatic heterocycles. The molecule has 5 nitrogen and oxygen atoms in total. The molecule has 116 valence electrons. The van der Waals surface area contributed by atoms with Crippen LogP contribution in [-0.2, 0) is 0 Å². The second-order valence-electron chi connectivity index (χ2n) is 5.01. The van der Waals surface area contributed by atoms with Crippen LogP contribution in [-0.4, -0.2) is 22.8 Å². The van der Waals surface area contributed by atoms with E-state index in [1.807, 2.05) is 0 Å². The number of alkyl halides is 1. The summed E-state index contributed by atoms with van der Waals surface area (Å²) in [4.78, 5) is 22.5. The molecule has 21 heavy (non-hydrogen) atoms. The van der Waals surface area contributed by atoms with E-state index in [4.69, 9.17) is 11.6 Å². The summed E-state index contributed by atoms with van der Waals surface area (Å²) in [6.07, 6.45) is 1.91. The van der Waals surface area contributed by atoms with Crippen LogP contribution in [0.1, 0.15) is 42.6 Å². The Morgan fingerprint density at radius 1 is 1.38 bits per heavy atom. The zero-order valence-corrected chi connectivity index (χ0v) is 13.3. The van der Waals surface area contributed by atoms with Gasteiger partial charge in [0.2, 0.25) is 0 Å². The molecule has 0 spiro atoms. The van der Waals surface area contributed by atoms with E-state index in [2.05, 4.69) is 19.2 Å². The maximum atomic E-state index is 12.2. The lowest BCUT2D eigenvalue weighted by Gasteiger charge is -2.19. The maximum absolute atomic E-state index is 12.2. The number of hydrogen-bond acceptors (Lipinski definition) is 3. The number of amides is 1. The van der Waals surface area contributed by atoms with Crippen molar-refractivity contribution in [2.75, 3.05) is 6.54 Å². The summed E-state index contributed by atoms with van der Waals surface area (Å²) in [5.41, 5.74) is 0.635. The molecule has 1 atom stereocenters. The van der Waals surface area contributed by atoms with Crippen molar-refractivity contribution in [3.05, 3.63) is 39.4 Å². The highest BCUT2D eigenvalue weighted by Gasteiger charge is 2.20. The van der Waals surface area contributed by atoms with Crippen LogP contribution < -0.4 is 5.32 Å². The van der Waals surface area contributed by atoms with E-state index in [0.717, 1.165) is 12.8 Å². The van der Waals surface area contributed by atoms with Gasteiger partial charge >= 0.3 is 0 Å². The minimum absolute atomic E-state index is 0.0509. The number of hydrogen-bond donors (Lipinski definition) is 1. The average Bonchev–Trinajstić information content (AvgIpc) is 2.46. The fourth-order valence-corrected chi connectivity index (χ4v) is 2.75. The first kappa shape index (κ1) is 17.4. The number of benzene rings is 1. The number of nitrogens with zero attached hydrogens (tertiary/aromatic N) is 1. The molecule has 0 heterocycles. The Hall–Kier alpha value is -1.62. The summed E-state index contributed by atoms with van der Waals surface area (Å²) in [5, 5.41) is 13.5. The Bertz CT molecular complexity index is 516. The van der Waals surface area contributed by atoms with Crippen molar-refractivity contribution in [1.82, 2.24) is 5.32 Å². The highest BCUT2D eigenvalue weighted by atomic mass is 35.5. The number of nitro groups is 1. The molecule has 0 radical (unpaired) electrons. The van der Waals surface area contributed by atoms with E-state index in [1.54, 1.807) is 13.0 Å². The van der Waals surface area contributed by atoms with Gasteiger partial charge in [0.25, 0.3) is 11.6 Å². The van der Waals surface area contributed by atoms with Gasteiger partial charge in [0.1, 0.15) is 0 Å². The summed E-state index contributed by atoms with van der Waals surface area (Å²) in [6.45, 7) is 6.06. The van der Waals surface area contributed by atoms with E-state index in [1.165, 1.54) is 12.1 Å². The number of nitro benzene ring substituents is 1. The fourth-order valence-electron chi connectivity index (χ4n) is 2.32. The smallest absolute Gasteiger partial charge is 0.273 e. The van der Waals surface area contributed by atoms with Crippen LogP contribution in [0.4, 0.5) is 5.69 Å². The van der Waals surface area contributed by atoms with Gasteiger partial charge in [0.15, 0.2) is 0 Å². The fraction of sp³-hybridized carbons (Fsp3) is 0.533. The largest absolute Gasteiger partial charge is 0.351 e. The van der Waals surface area contributed by atoms with E-state index in [9.17, 15) is 14.9 Å². The van der Waals surface area contributed by atoms with Crippen LogP contribution in [0.2, 0.25) is 0 Å². The van der Waals surface area contributed by atoms with Gasteiger partial charge in [-0.2, -0.15) is 0 Å². The van der Waals surface area contributed by atoms with Crippen molar-refractivity contribution in [1.29, 1.82) is 0 Å². The molecule has 0 aromatic heterocycles. The highest BCUT2D eigenvalue weighted by Crippen LogP contribution is 2.21. The van der Waals surface area contributed by atoms with Crippen molar-refractivity contribution < 1.29 is 9.72 Å². The third-order valence-corrected chi connectivity index (χ3v) is 4.28. The van der Waals surface area contributed by atoms with Gasteiger partial charge in [-0.15, -0.1) is 11.6 Å². The summed E-state index contributed by atoms with van der Waals surface area (Å²) >= 11 is 6.28. The Labute approximate surface area is 129 Å². The van der Waals surface area contributed by atoms with Gasteiger partial charge < -0.3 is 5.32 Å². The molecular weight excluding hydrogens is 292 g/mol. The predicted octanol–water partition coefficient (Wildman–Crippen LogP) is 3.68. The SMILES string of the molecule is CCC(CC)C(Cl)CNC(=O)c1cccc([N+](=O)[O-])c1C. The summed E-state index contributed by atoms with van der Waals surface area (Å²) < 4.78 is 0. The van der Waals surface area contributed by atoms with Crippen molar-refractivity contribution in [3.63, 3.8) is 0 Å². The summed E-state index contributed by atoms with van der Waals surface area (Å²) in [6, 6.07) is 4.48. The second kappa shape index (κ2) is 7.98. The Balaban J connectivity index is 2.77. The Kier molecular flexibility index (Phi) is 6.62. The molecule has 0 bridgehead atoms. The van der Waals surface area contributed by atoms with Crippen LogP contribution in [0.15, 0.2) is 18.2 Å². The molecule has 0 aliphatic carbocycles. The zero-order valence-electron chi connectivity index (χ0n) is 12.6. The highest BCUT2D eigenvalue weighted by molar-refractivity contribution is 6.21. The van der Waals surface area contributed by atoms with Gasteiger partial charge in [0.05, 0.1) is 10.3 Å². The predicted molar refractivity (Wildman–Crippen MR) is 83.9 cm³/mol. The lowest BCUT2D eigenvalue weighted by atomic mass is 9.99. The third-order valence-electron chi connectivity index (χ3n) is 3.76. The standard InChI is InChI=1S/C15H21ClN2O3/c1-4-11(5-2)13(16)9-17-15(19)12-7-6-8-14(10(12)3)18(20)21/h6-8,11,13H,4-5,9H2,1-3H3,(H,17,19). The number of carbonyl (C=O) groups is 1. The number of halogens is 1. The molecule has 0 saturated heterocycles. The summed E-state index contributed by atoms with van der Waals surface area (Å²) in [5.74, 6) is 0.0194. The second-order valence-corrected chi connectivity index (χ2v) is 5.57. The molecular formula is C15H21ClN2O3. The number of carbonyl (C=O) groups excluding carboxylic acids is 1. The maximum Gasteiger partial charge on any atom is 0.273 e. The molecule has 1 aromatic carbocycles. The zero-order chi connectivity index (χ0) is 16.0. The van der Waals surface area contributed by atoms with Crippen LogP contribution in [0.3, 0.4) is 0 Å². The van der Waals surface area contributed by atoms with E-state index in [-0.39, 0.29) is 17.0 Å². The van der Waals surface area contributed by atoms with Gasteiger partial charge in [-0.05, 0) is 18.9 Å². The first-order valence-electron chi connectivity index (χ1n) is 7.08. The molecule has 1 amide bonds. The van der Waals surface area contributed by atoms with Crippen LogP contribution in [0.25, 0.3) is 0 Å². The van der Waals surface area contributed by atoms with Crippen LogP contribution >= 0.6 is 11.6 Å². The number of rotatable bonds is 7. The van der Waals surface area contributed by atoms with E-state index >= 15 is 0 Å². The molecule has 0 fully saturated rings. The third kappa shape index (κ3) is 4.43. The monoisotopic (exact) mass is 312 g/mol. The molecule has 1 unspecified atom stereocenters. The van der Waals surface area contributed by atoms with Gasteiger partial charge in [-0.1, -0.05) is 32.8 Å². The molecule has 0 saturated carbocycles. The minimum Gasteiger partial charge on any atom is -0.351 e. The molecule has 1 N–H and O–H groups in total. The van der Waals surface area contributed by atoms with Crippen molar-refractivity contribution in [3.8, 4) is 0 Å². The van der Waals surface area contributed by atoms with Crippen LogP contribution in [0.5, 0.6) is 0 Å². The van der Waals surface area contributed by atoms with Crippen molar-refractivity contribution in [2.45, 2.75) is 39.0 Å². The van der Waals surface area contributed by atoms with E-state index < -0.39 is 4.92 Å². The van der Waals surface area contributed by atoms with Crippen LogP contribution in [0, 0.1) is 23.0 Å². The first-order chi connectivity index (χ1) is 9.92. The summed E-state index contributed by atoms with van der Waals surface area (Å²) in [7, 11) is 0. The molecule has 1 rings (SSSR count). The van der Waals surface area contributed by atoms with Gasteiger partial charge in [-0.3, -0.25) is 14.9 Å². The molecule has 6 heteroatoms. The van der Waals surface area contributed by atoms with Gasteiger partial charge in [0, 0.05) is 23.7 Å². The normalized spacial score (nSPS) is 12.2. The lowest BCUT2D eigenvalue weighted by Crippen LogP contribution is -2.33. The first-order valence-corrected chi connectivity index (χ1v) is 7.52. The topological polar surface area (TPSA) is 72.2 Å². The van der Waals surface area contributed by atoms with Crippen molar-refractivity contribution >= 4 is 23.2 Å². The van der Waals surface area contributed by atoms with Gasteiger partial charge in [-0.25, -0.2) is 0 Å². The van der Waals surface area contributed by atoms with E-state index in [0.29, 0.717) is 23.6 Å². The quantitative estimate of drug-likeness (QED) is 0.474. The Morgan fingerprint density at radius 2 is 2.00 bits per heavy atom.